The van der Waals surface area contributed by atoms with Crippen molar-refractivity contribution in [3.63, 3.8) is 0 Å². The SMILES string of the molecule is Cc1nc2ccc(S(=O)(=O)NCc3ccccc3C)cc2[nH]1. The van der Waals surface area contributed by atoms with Crippen molar-refractivity contribution >= 4 is 21.1 Å². The summed E-state index contributed by atoms with van der Waals surface area (Å²) in [5.74, 6) is 0.761. The highest BCUT2D eigenvalue weighted by atomic mass is 32.2. The predicted molar refractivity (Wildman–Crippen MR) is 86.0 cm³/mol. The third-order valence-corrected chi connectivity index (χ3v) is 4.99. The summed E-state index contributed by atoms with van der Waals surface area (Å²) < 4.78 is 27.5. The predicted octanol–water partition coefficient (Wildman–Crippen LogP) is 2.66. The van der Waals surface area contributed by atoms with Gasteiger partial charge >= 0.3 is 0 Å². The van der Waals surface area contributed by atoms with Crippen LogP contribution in [0.4, 0.5) is 0 Å². The fourth-order valence-corrected chi connectivity index (χ4v) is 3.38. The van der Waals surface area contributed by atoms with Crippen LogP contribution in [0.2, 0.25) is 0 Å². The summed E-state index contributed by atoms with van der Waals surface area (Å²) in [6.07, 6.45) is 0. The number of aromatic nitrogens is 2. The standard InChI is InChI=1S/C16H17N3O2S/c1-11-5-3-4-6-13(11)10-17-22(20,21)14-7-8-15-16(9-14)19-12(2)18-15/h3-9,17H,10H2,1-2H3,(H,18,19). The first kappa shape index (κ1) is 14.7. The van der Waals surface area contributed by atoms with E-state index in [-0.39, 0.29) is 11.4 Å². The Morgan fingerprint density at radius 3 is 2.68 bits per heavy atom. The van der Waals surface area contributed by atoms with Crippen LogP contribution in [0.5, 0.6) is 0 Å². The van der Waals surface area contributed by atoms with Crippen molar-refractivity contribution in [2.45, 2.75) is 25.3 Å². The van der Waals surface area contributed by atoms with Crippen molar-refractivity contribution < 1.29 is 8.42 Å². The second kappa shape index (κ2) is 5.55. The lowest BCUT2D eigenvalue weighted by molar-refractivity contribution is 0.581. The average molecular weight is 315 g/mol. The molecule has 3 aromatic rings. The summed E-state index contributed by atoms with van der Waals surface area (Å²) >= 11 is 0. The van der Waals surface area contributed by atoms with Gasteiger partial charge in [0, 0.05) is 6.54 Å². The number of nitrogens with zero attached hydrogens (tertiary/aromatic N) is 1. The van der Waals surface area contributed by atoms with Crippen LogP contribution in [-0.4, -0.2) is 18.4 Å². The lowest BCUT2D eigenvalue weighted by Gasteiger charge is -2.09. The molecule has 3 rings (SSSR count). The van der Waals surface area contributed by atoms with E-state index in [4.69, 9.17) is 0 Å². The first-order valence-corrected chi connectivity index (χ1v) is 8.44. The number of nitrogens with one attached hydrogen (secondary N) is 2. The van der Waals surface area contributed by atoms with Crippen molar-refractivity contribution in [2.24, 2.45) is 0 Å². The van der Waals surface area contributed by atoms with Gasteiger partial charge in [-0.3, -0.25) is 0 Å². The van der Waals surface area contributed by atoms with Gasteiger partial charge < -0.3 is 4.98 Å². The topological polar surface area (TPSA) is 74.8 Å². The van der Waals surface area contributed by atoms with Crippen LogP contribution in [0, 0.1) is 13.8 Å². The normalized spacial score (nSPS) is 11.9. The van der Waals surface area contributed by atoms with E-state index in [1.165, 1.54) is 0 Å². The van der Waals surface area contributed by atoms with Crippen molar-refractivity contribution in [2.75, 3.05) is 0 Å². The van der Waals surface area contributed by atoms with E-state index in [1.54, 1.807) is 18.2 Å². The molecular formula is C16H17N3O2S. The number of sulfonamides is 1. The summed E-state index contributed by atoms with van der Waals surface area (Å²) in [6.45, 7) is 4.07. The van der Waals surface area contributed by atoms with Gasteiger partial charge in [-0.15, -0.1) is 0 Å². The zero-order chi connectivity index (χ0) is 15.7. The molecule has 0 aliphatic rings. The van der Waals surface area contributed by atoms with E-state index in [9.17, 15) is 8.42 Å². The van der Waals surface area contributed by atoms with Crippen molar-refractivity contribution in [3.05, 3.63) is 59.4 Å². The maximum atomic E-state index is 12.4. The Bertz CT molecular complexity index is 929. The fraction of sp³-hybridized carbons (Fsp3) is 0.188. The number of benzene rings is 2. The van der Waals surface area contributed by atoms with E-state index in [0.29, 0.717) is 0 Å². The van der Waals surface area contributed by atoms with E-state index in [2.05, 4.69) is 14.7 Å². The second-order valence-electron chi connectivity index (χ2n) is 5.25. The van der Waals surface area contributed by atoms with E-state index < -0.39 is 10.0 Å². The zero-order valence-electron chi connectivity index (χ0n) is 12.4. The Kier molecular flexibility index (Phi) is 3.72. The molecule has 0 fully saturated rings. The molecule has 0 aliphatic heterocycles. The zero-order valence-corrected chi connectivity index (χ0v) is 13.2. The van der Waals surface area contributed by atoms with Gasteiger partial charge in [0.25, 0.3) is 0 Å². The third kappa shape index (κ3) is 2.88. The van der Waals surface area contributed by atoms with Crippen molar-refractivity contribution in [3.8, 4) is 0 Å². The molecule has 2 aromatic carbocycles. The quantitative estimate of drug-likeness (QED) is 0.777. The minimum absolute atomic E-state index is 0.234. The van der Waals surface area contributed by atoms with Gasteiger partial charge in [-0.1, -0.05) is 24.3 Å². The van der Waals surface area contributed by atoms with Crippen LogP contribution in [0.25, 0.3) is 11.0 Å². The highest BCUT2D eigenvalue weighted by Crippen LogP contribution is 2.17. The van der Waals surface area contributed by atoms with Crippen LogP contribution >= 0.6 is 0 Å². The van der Waals surface area contributed by atoms with Crippen LogP contribution in [0.15, 0.2) is 47.4 Å². The molecule has 5 nitrogen and oxygen atoms in total. The summed E-state index contributed by atoms with van der Waals surface area (Å²) in [4.78, 5) is 7.55. The summed E-state index contributed by atoms with van der Waals surface area (Å²) in [7, 11) is -3.56. The second-order valence-corrected chi connectivity index (χ2v) is 7.02. The largest absolute Gasteiger partial charge is 0.342 e. The fourth-order valence-electron chi connectivity index (χ4n) is 2.35. The molecule has 6 heteroatoms. The molecule has 0 atom stereocenters. The Hall–Kier alpha value is -2.18. The van der Waals surface area contributed by atoms with Gasteiger partial charge in [0.15, 0.2) is 0 Å². The van der Waals surface area contributed by atoms with Gasteiger partial charge in [0.05, 0.1) is 15.9 Å². The van der Waals surface area contributed by atoms with Gasteiger partial charge in [-0.25, -0.2) is 18.1 Å². The van der Waals surface area contributed by atoms with Crippen LogP contribution < -0.4 is 4.72 Å². The summed E-state index contributed by atoms with van der Waals surface area (Å²) in [5, 5.41) is 0. The molecule has 0 unspecified atom stereocenters. The average Bonchev–Trinajstić information content (AvgIpc) is 2.85. The highest BCUT2D eigenvalue weighted by molar-refractivity contribution is 7.89. The number of aryl methyl sites for hydroxylation is 2. The third-order valence-electron chi connectivity index (χ3n) is 3.60. The van der Waals surface area contributed by atoms with Crippen molar-refractivity contribution in [1.29, 1.82) is 0 Å². The number of aromatic amines is 1. The molecule has 2 N–H and O–H groups in total. The van der Waals surface area contributed by atoms with Gasteiger partial charge in [-0.2, -0.15) is 0 Å². The Morgan fingerprint density at radius 1 is 1.14 bits per heavy atom. The maximum Gasteiger partial charge on any atom is 0.240 e. The number of fused-ring (bicyclic) bond motifs is 1. The van der Waals surface area contributed by atoms with Crippen molar-refractivity contribution in [1.82, 2.24) is 14.7 Å². The number of H-pyrrole nitrogens is 1. The van der Waals surface area contributed by atoms with E-state index in [1.807, 2.05) is 38.1 Å². The Balaban J connectivity index is 1.86. The minimum atomic E-state index is -3.56. The molecule has 0 amide bonds. The monoisotopic (exact) mass is 315 g/mol. The Morgan fingerprint density at radius 2 is 1.91 bits per heavy atom. The molecule has 0 radical (unpaired) electrons. The molecule has 114 valence electrons. The molecule has 0 aliphatic carbocycles. The van der Waals surface area contributed by atoms with Crippen LogP contribution in [0.1, 0.15) is 17.0 Å². The molecule has 0 bridgehead atoms. The number of hydrogen-bond acceptors (Lipinski definition) is 3. The van der Waals surface area contributed by atoms with Gasteiger partial charge in [0.1, 0.15) is 5.82 Å². The molecule has 1 heterocycles. The van der Waals surface area contributed by atoms with E-state index >= 15 is 0 Å². The lowest BCUT2D eigenvalue weighted by Crippen LogP contribution is -2.23. The van der Waals surface area contributed by atoms with Crippen LogP contribution in [-0.2, 0) is 16.6 Å². The van der Waals surface area contributed by atoms with Gasteiger partial charge in [-0.05, 0) is 43.2 Å². The number of rotatable bonds is 4. The maximum absolute atomic E-state index is 12.4. The van der Waals surface area contributed by atoms with Gasteiger partial charge in [0.2, 0.25) is 10.0 Å². The first-order chi connectivity index (χ1) is 10.5. The molecular weight excluding hydrogens is 298 g/mol. The molecule has 0 spiro atoms. The molecule has 0 saturated heterocycles. The molecule has 0 saturated carbocycles. The minimum Gasteiger partial charge on any atom is -0.342 e. The van der Waals surface area contributed by atoms with E-state index in [0.717, 1.165) is 28.0 Å². The number of hydrogen-bond donors (Lipinski definition) is 2. The summed E-state index contributed by atoms with van der Waals surface area (Å²) in [5.41, 5.74) is 3.50. The molecule has 22 heavy (non-hydrogen) atoms. The summed E-state index contributed by atoms with van der Waals surface area (Å²) in [6, 6.07) is 12.6. The van der Waals surface area contributed by atoms with Crippen LogP contribution in [0.3, 0.4) is 0 Å². The first-order valence-electron chi connectivity index (χ1n) is 6.96. The highest BCUT2D eigenvalue weighted by Gasteiger charge is 2.15. The smallest absolute Gasteiger partial charge is 0.240 e. The number of imidazole rings is 1. The Labute approximate surface area is 129 Å². The lowest BCUT2D eigenvalue weighted by atomic mass is 10.1. The molecule has 1 aromatic heterocycles.